The largest absolute Gasteiger partial charge is 0.459 e. The molecule has 2 aromatic carbocycles. The molecule has 0 saturated heterocycles. The number of hydrazine groups is 1. The average molecular weight is 298 g/mol. The Labute approximate surface area is 126 Å². The molecule has 4 nitrogen and oxygen atoms in total. The predicted octanol–water partition coefficient (Wildman–Crippen LogP) is 3.33. The maximum Gasteiger partial charge on any atom is 0.269 e. The van der Waals surface area contributed by atoms with Crippen LogP contribution in [0.25, 0.3) is 11.0 Å². The first kappa shape index (κ1) is 13.7. The van der Waals surface area contributed by atoms with Crippen molar-refractivity contribution in [3.05, 3.63) is 65.9 Å². The molecule has 0 radical (unpaired) electrons. The number of amides is 1. The Morgan fingerprint density at radius 1 is 1.10 bits per heavy atom. The number of para-hydroxylation sites is 1. The van der Waals surface area contributed by atoms with E-state index in [0.717, 1.165) is 10.3 Å². The van der Waals surface area contributed by atoms with Gasteiger partial charge in [-0.25, -0.2) is 5.84 Å². The van der Waals surface area contributed by atoms with E-state index in [2.05, 4.69) is 5.43 Å². The van der Waals surface area contributed by atoms with Crippen molar-refractivity contribution in [3.8, 4) is 0 Å². The number of furan rings is 1. The van der Waals surface area contributed by atoms with E-state index in [-0.39, 0.29) is 5.91 Å². The molecule has 0 saturated carbocycles. The summed E-state index contributed by atoms with van der Waals surface area (Å²) in [6, 6.07) is 17.4. The van der Waals surface area contributed by atoms with Crippen molar-refractivity contribution in [2.24, 2.45) is 5.84 Å². The Kier molecular flexibility index (Phi) is 3.94. The van der Waals surface area contributed by atoms with Crippen LogP contribution in [0.4, 0.5) is 0 Å². The fourth-order valence-corrected chi connectivity index (χ4v) is 3.04. The summed E-state index contributed by atoms with van der Waals surface area (Å²) in [4.78, 5) is 13.1. The Balaban J connectivity index is 1.95. The lowest BCUT2D eigenvalue weighted by atomic mass is 10.1. The van der Waals surface area contributed by atoms with Crippen LogP contribution in [0.5, 0.6) is 0 Å². The molecule has 106 valence electrons. The molecule has 21 heavy (non-hydrogen) atoms. The van der Waals surface area contributed by atoms with Crippen LogP contribution in [0.3, 0.4) is 0 Å². The normalized spacial score (nSPS) is 10.7. The van der Waals surface area contributed by atoms with Crippen molar-refractivity contribution < 1.29 is 9.21 Å². The highest BCUT2D eigenvalue weighted by Crippen LogP contribution is 2.31. The first-order valence-corrected chi connectivity index (χ1v) is 7.47. The van der Waals surface area contributed by atoms with Crippen molar-refractivity contribution >= 4 is 28.6 Å². The molecule has 0 aliphatic rings. The molecule has 1 heterocycles. The molecule has 3 rings (SSSR count). The number of nitrogens with one attached hydrogen (secondary N) is 1. The van der Waals surface area contributed by atoms with Gasteiger partial charge >= 0.3 is 0 Å². The number of hydrogen-bond donors (Lipinski definition) is 2. The highest BCUT2D eigenvalue weighted by Gasteiger charge is 2.19. The van der Waals surface area contributed by atoms with E-state index in [4.69, 9.17) is 10.3 Å². The van der Waals surface area contributed by atoms with Gasteiger partial charge in [-0.15, -0.1) is 11.8 Å². The summed E-state index contributed by atoms with van der Waals surface area (Å²) in [5.41, 5.74) is 3.39. The highest BCUT2D eigenvalue weighted by molar-refractivity contribution is 7.98. The lowest BCUT2D eigenvalue weighted by Crippen LogP contribution is -2.30. The quantitative estimate of drug-likeness (QED) is 0.335. The SMILES string of the molecule is NNC(=O)c1c(CSc2ccccc2)oc2ccccc12. The average Bonchev–Trinajstić information content (AvgIpc) is 2.91. The third kappa shape index (κ3) is 2.79. The molecule has 5 heteroatoms. The van der Waals surface area contributed by atoms with Crippen LogP contribution in [0, 0.1) is 0 Å². The molecule has 1 aromatic heterocycles. The number of benzene rings is 2. The van der Waals surface area contributed by atoms with Crippen molar-refractivity contribution in [1.82, 2.24) is 5.43 Å². The highest BCUT2D eigenvalue weighted by atomic mass is 32.2. The fourth-order valence-electron chi connectivity index (χ4n) is 2.18. The van der Waals surface area contributed by atoms with Gasteiger partial charge in [-0.2, -0.15) is 0 Å². The van der Waals surface area contributed by atoms with Crippen molar-refractivity contribution in [3.63, 3.8) is 0 Å². The van der Waals surface area contributed by atoms with Crippen LogP contribution in [0.15, 0.2) is 63.9 Å². The summed E-state index contributed by atoms with van der Waals surface area (Å²) in [5.74, 6) is 6.16. The molecule has 0 unspecified atom stereocenters. The lowest BCUT2D eigenvalue weighted by Gasteiger charge is -2.02. The summed E-state index contributed by atoms with van der Waals surface area (Å²) < 4.78 is 5.81. The molecule has 1 amide bonds. The lowest BCUT2D eigenvalue weighted by molar-refractivity contribution is 0.0953. The zero-order chi connectivity index (χ0) is 14.7. The zero-order valence-corrected chi connectivity index (χ0v) is 12.0. The molecule has 0 atom stereocenters. The van der Waals surface area contributed by atoms with Gasteiger partial charge in [0, 0.05) is 10.3 Å². The number of hydrogen-bond acceptors (Lipinski definition) is 4. The van der Waals surface area contributed by atoms with E-state index < -0.39 is 0 Å². The smallest absolute Gasteiger partial charge is 0.269 e. The van der Waals surface area contributed by atoms with Crippen LogP contribution in [0.1, 0.15) is 16.1 Å². The van der Waals surface area contributed by atoms with Gasteiger partial charge in [0.25, 0.3) is 5.91 Å². The molecule has 0 aliphatic heterocycles. The molecule has 0 fully saturated rings. The second kappa shape index (κ2) is 6.03. The third-order valence-corrected chi connectivity index (χ3v) is 4.15. The minimum absolute atomic E-state index is 0.330. The molecule has 0 aliphatic carbocycles. The van der Waals surface area contributed by atoms with Crippen LogP contribution >= 0.6 is 11.8 Å². The first-order chi connectivity index (χ1) is 10.3. The van der Waals surface area contributed by atoms with Gasteiger partial charge in [-0.05, 0) is 18.2 Å². The van der Waals surface area contributed by atoms with Crippen molar-refractivity contribution in [1.29, 1.82) is 0 Å². The number of rotatable bonds is 4. The van der Waals surface area contributed by atoms with Crippen molar-refractivity contribution in [2.45, 2.75) is 10.6 Å². The minimum atomic E-state index is -0.330. The first-order valence-electron chi connectivity index (χ1n) is 6.49. The van der Waals surface area contributed by atoms with Gasteiger partial charge < -0.3 is 4.42 Å². The Morgan fingerprint density at radius 3 is 2.57 bits per heavy atom. The predicted molar refractivity (Wildman–Crippen MR) is 83.9 cm³/mol. The second-order valence-electron chi connectivity index (χ2n) is 4.47. The summed E-state index contributed by atoms with van der Waals surface area (Å²) in [6.45, 7) is 0. The molecular weight excluding hydrogens is 284 g/mol. The van der Waals surface area contributed by atoms with Gasteiger partial charge in [0.15, 0.2) is 0 Å². The van der Waals surface area contributed by atoms with Crippen LogP contribution in [-0.4, -0.2) is 5.91 Å². The van der Waals surface area contributed by atoms with E-state index >= 15 is 0 Å². The minimum Gasteiger partial charge on any atom is -0.459 e. The van der Waals surface area contributed by atoms with Gasteiger partial charge in [-0.1, -0.05) is 36.4 Å². The Bertz CT molecular complexity index is 768. The van der Waals surface area contributed by atoms with E-state index in [1.54, 1.807) is 11.8 Å². The maximum absolute atomic E-state index is 12.0. The van der Waals surface area contributed by atoms with Crippen LogP contribution < -0.4 is 11.3 Å². The van der Waals surface area contributed by atoms with Crippen LogP contribution in [-0.2, 0) is 5.75 Å². The third-order valence-electron chi connectivity index (χ3n) is 3.14. The number of carbonyl (C=O) groups excluding carboxylic acids is 1. The van der Waals surface area contributed by atoms with Gasteiger partial charge in [0.2, 0.25) is 0 Å². The number of thioether (sulfide) groups is 1. The number of carbonyl (C=O) groups is 1. The monoisotopic (exact) mass is 298 g/mol. The molecule has 0 bridgehead atoms. The van der Waals surface area contributed by atoms with E-state index in [1.165, 1.54) is 0 Å². The van der Waals surface area contributed by atoms with Gasteiger partial charge in [0.1, 0.15) is 11.3 Å². The Morgan fingerprint density at radius 2 is 1.81 bits per heavy atom. The molecule has 3 aromatic rings. The van der Waals surface area contributed by atoms with Crippen LogP contribution in [0.2, 0.25) is 0 Å². The Hall–Kier alpha value is -2.24. The molecule has 3 N–H and O–H groups in total. The van der Waals surface area contributed by atoms with E-state index in [0.29, 0.717) is 22.7 Å². The molecule has 0 spiro atoms. The molecular formula is C16H14N2O2S. The van der Waals surface area contributed by atoms with Gasteiger partial charge in [0.05, 0.1) is 11.3 Å². The standard InChI is InChI=1S/C16H14N2O2S/c17-18-16(19)15-12-8-4-5-9-13(12)20-14(15)10-21-11-6-2-1-3-7-11/h1-9H,10,17H2,(H,18,19). The summed E-state index contributed by atoms with van der Waals surface area (Å²) in [5, 5.41) is 0.782. The number of nitrogen functional groups attached to an aromatic ring is 1. The summed E-state index contributed by atoms with van der Waals surface area (Å²) in [6.07, 6.45) is 0. The topological polar surface area (TPSA) is 68.3 Å². The number of fused-ring (bicyclic) bond motifs is 1. The zero-order valence-electron chi connectivity index (χ0n) is 11.2. The summed E-state index contributed by atoms with van der Waals surface area (Å²) >= 11 is 1.62. The van der Waals surface area contributed by atoms with Crippen molar-refractivity contribution in [2.75, 3.05) is 0 Å². The van der Waals surface area contributed by atoms with E-state index in [9.17, 15) is 4.79 Å². The number of nitrogens with two attached hydrogens (primary N) is 1. The fraction of sp³-hybridized carbons (Fsp3) is 0.0625. The van der Waals surface area contributed by atoms with E-state index in [1.807, 2.05) is 54.6 Å². The maximum atomic E-state index is 12.0. The summed E-state index contributed by atoms with van der Waals surface area (Å²) in [7, 11) is 0. The van der Waals surface area contributed by atoms with Gasteiger partial charge in [-0.3, -0.25) is 10.2 Å². The second-order valence-corrected chi connectivity index (χ2v) is 5.52.